The number of unbranched alkanes of at least 4 members (excludes halogenated alkanes) is 27. The second kappa shape index (κ2) is 49.0. The van der Waals surface area contributed by atoms with Gasteiger partial charge in [0.25, 0.3) is 0 Å². The third-order valence-corrected chi connectivity index (χ3v) is 11.1. The molecule has 0 saturated heterocycles. The first-order chi connectivity index (χ1) is 29.5. The maximum atomic E-state index is 12.8. The predicted molar refractivity (Wildman–Crippen MR) is 256 cm³/mol. The molecule has 0 spiro atoms. The first-order valence-corrected chi connectivity index (χ1v) is 25.6. The molecule has 0 radical (unpaired) electrons. The Morgan fingerprint density at radius 3 is 1.05 bits per heavy atom. The Hall–Kier alpha value is -2.63. The normalized spacial score (nSPS) is 12.4. The number of hydrogen-bond donors (Lipinski definition) is 0. The fraction of sp³-hybridized carbons (Fsp3) is 0.796. The van der Waals surface area contributed by atoms with Gasteiger partial charge in [0.1, 0.15) is 13.2 Å². The molecule has 348 valence electrons. The summed E-state index contributed by atoms with van der Waals surface area (Å²) in [4.78, 5) is 37.9. The summed E-state index contributed by atoms with van der Waals surface area (Å²) in [6.07, 6.45) is 58.1. The fourth-order valence-corrected chi connectivity index (χ4v) is 7.22. The van der Waals surface area contributed by atoms with E-state index in [9.17, 15) is 14.4 Å². The maximum absolute atomic E-state index is 12.8. The SMILES string of the molecule is CC/C=C\C/C=C\C/C=C\CCCCCC(=O)OCC(COC(=O)CCCCCCC/C=C\CCCCCCCC)OC(=O)CCCCCCCCCCCCCCCC. The van der Waals surface area contributed by atoms with Crippen LogP contribution in [0.4, 0.5) is 0 Å². The van der Waals surface area contributed by atoms with Gasteiger partial charge < -0.3 is 14.2 Å². The monoisotopic (exact) mass is 841 g/mol. The van der Waals surface area contributed by atoms with Crippen LogP contribution in [-0.2, 0) is 28.6 Å². The highest BCUT2D eigenvalue weighted by Gasteiger charge is 2.19. The van der Waals surface area contributed by atoms with E-state index in [2.05, 4.69) is 69.4 Å². The second-order valence-electron chi connectivity index (χ2n) is 17.1. The van der Waals surface area contributed by atoms with Crippen molar-refractivity contribution >= 4 is 17.9 Å². The zero-order valence-electron chi connectivity index (χ0n) is 39.7. The van der Waals surface area contributed by atoms with Crippen molar-refractivity contribution in [1.29, 1.82) is 0 Å². The van der Waals surface area contributed by atoms with Crippen LogP contribution in [0.25, 0.3) is 0 Å². The molecule has 0 aliphatic rings. The number of esters is 3. The van der Waals surface area contributed by atoms with Crippen LogP contribution in [0.3, 0.4) is 0 Å². The summed E-state index contributed by atoms with van der Waals surface area (Å²) < 4.78 is 16.8. The van der Waals surface area contributed by atoms with Crippen LogP contribution in [0.5, 0.6) is 0 Å². The molecule has 0 heterocycles. The van der Waals surface area contributed by atoms with Crippen molar-refractivity contribution in [3.05, 3.63) is 48.6 Å². The molecule has 0 aliphatic carbocycles. The van der Waals surface area contributed by atoms with Crippen molar-refractivity contribution in [3.63, 3.8) is 0 Å². The van der Waals surface area contributed by atoms with Crippen LogP contribution in [0.15, 0.2) is 48.6 Å². The molecular formula is C54H96O6. The second-order valence-corrected chi connectivity index (χ2v) is 17.1. The molecule has 60 heavy (non-hydrogen) atoms. The van der Waals surface area contributed by atoms with E-state index in [1.807, 2.05) is 0 Å². The minimum Gasteiger partial charge on any atom is -0.462 e. The van der Waals surface area contributed by atoms with Gasteiger partial charge in [-0.3, -0.25) is 14.4 Å². The quantitative estimate of drug-likeness (QED) is 0.0263. The van der Waals surface area contributed by atoms with Gasteiger partial charge in [0, 0.05) is 19.3 Å². The Kier molecular flexibility index (Phi) is 46.9. The third kappa shape index (κ3) is 46.4. The standard InChI is InChI=1S/C54H96O6/c1-4-7-10-13-16-19-22-25-27-30-32-35-38-41-44-47-53(56)59-50-51(49-58-52(55)46-43-40-37-34-31-28-24-21-18-15-12-9-6-3)60-54(57)48-45-42-39-36-33-29-26-23-20-17-14-11-8-5-2/h9,12,18,21,25,27-28,31,51H,4-8,10-11,13-17,19-20,22-24,26,29-30,32-50H2,1-3H3/b12-9-,21-18-,27-25-,31-28-. The Morgan fingerprint density at radius 1 is 0.350 bits per heavy atom. The first kappa shape index (κ1) is 57.4. The number of carbonyl (C=O) groups is 3. The molecule has 0 aliphatic heterocycles. The van der Waals surface area contributed by atoms with Crippen molar-refractivity contribution in [1.82, 2.24) is 0 Å². The van der Waals surface area contributed by atoms with Crippen LogP contribution < -0.4 is 0 Å². The molecule has 0 rings (SSSR count). The van der Waals surface area contributed by atoms with E-state index >= 15 is 0 Å². The lowest BCUT2D eigenvalue weighted by molar-refractivity contribution is -0.167. The minimum atomic E-state index is -0.784. The van der Waals surface area contributed by atoms with Gasteiger partial charge in [0.15, 0.2) is 6.10 Å². The minimum absolute atomic E-state index is 0.0847. The number of ether oxygens (including phenoxy) is 3. The topological polar surface area (TPSA) is 78.9 Å². The first-order valence-electron chi connectivity index (χ1n) is 25.6. The summed E-state index contributed by atoms with van der Waals surface area (Å²) in [7, 11) is 0. The van der Waals surface area contributed by atoms with E-state index in [-0.39, 0.29) is 31.1 Å². The number of allylic oxidation sites excluding steroid dienone is 8. The summed E-state index contributed by atoms with van der Waals surface area (Å²) in [6.45, 7) is 6.50. The van der Waals surface area contributed by atoms with E-state index in [0.717, 1.165) is 89.9 Å². The smallest absolute Gasteiger partial charge is 0.306 e. The van der Waals surface area contributed by atoms with Gasteiger partial charge in [0.05, 0.1) is 0 Å². The molecule has 0 fully saturated rings. The van der Waals surface area contributed by atoms with Crippen LogP contribution >= 0.6 is 0 Å². The molecule has 0 aromatic rings. The summed E-state index contributed by atoms with van der Waals surface area (Å²) >= 11 is 0. The van der Waals surface area contributed by atoms with Crippen LogP contribution in [0.1, 0.15) is 258 Å². The lowest BCUT2D eigenvalue weighted by atomic mass is 10.0. The van der Waals surface area contributed by atoms with Gasteiger partial charge in [-0.2, -0.15) is 0 Å². The van der Waals surface area contributed by atoms with Gasteiger partial charge in [-0.05, 0) is 77.0 Å². The largest absolute Gasteiger partial charge is 0.462 e. The summed E-state index contributed by atoms with van der Waals surface area (Å²) in [5.41, 5.74) is 0. The summed E-state index contributed by atoms with van der Waals surface area (Å²) in [5.74, 6) is -0.915. The third-order valence-electron chi connectivity index (χ3n) is 11.1. The average molecular weight is 841 g/mol. The molecule has 1 unspecified atom stereocenters. The maximum Gasteiger partial charge on any atom is 0.306 e. The van der Waals surface area contributed by atoms with Gasteiger partial charge in [-0.15, -0.1) is 0 Å². The van der Waals surface area contributed by atoms with Crippen LogP contribution in [0, 0.1) is 0 Å². The lowest BCUT2D eigenvalue weighted by Gasteiger charge is -2.18. The highest BCUT2D eigenvalue weighted by Crippen LogP contribution is 2.15. The predicted octanol–water partition coefficient (Wildman–Crippen LogP) is 16.7. The molecule has 0 amide bonds. The average Bonchev–Trinajstić information content (AvgIpc) is 3.24. The molecule has 0 bridgehead atoms. The van der Waals surface area contributed by atoms with Crippen LogP contribution in [0.2, 0.25) is 0 Å². The van der Waals surface area contributed by atoms with Crippen molar-refractivity contribution in [2.24, 2.45) is 0 Å². The highest BCUT2D eigenvalue weighted by atomic mass is 16.6. The molecule has 0 saturated carbocycles. The van der Waals surface area contributed by atoms with Crippen LogP contribution in [-0.4, -0.2) is 37.2 Å². The lowest BCUT2D eigenvalue weighted by Crippen LogP contribution is -2.30. The van der Waals surface area contributed by atoms with E-state index in [0.29, 0.717) is 19.3 Å². The Labute approximate surface area is 371 Å². The summed E-state index contributed by atoms with van der Waals surface area (Å²) in [6, 6.07) is 0. The molecule has 6 heteroatoms. The molecule has 0 aromatic heterocycles. The highest BCUT2D eigenvalue weighted by molar-refractivity contribution is 5.71. The molecule has 0 N–H and O–H groups in total. The molecule has 6 nitrogen and oxygen atoms in total. The zero-order valence-corrected chi connectivity index (χ0v) is 39.7. The number of hydrogen-bond acceptors (Lipinski definition) is 6. The Bertz CT molecular complexity index is 1060. The molecular weight excluding hydrogens is 745 g/mol. The van der Waals surface area contributed by atoms with E-state index in [1.54, 1.807) is 0 Å². The Morgan fingerprint density at radius 2 is 0.650 bits per heavy atom. The van der Waals surface area contributed by atoms with Crippen molar-refractivity contribution in [2.75, 3.05) is 13.2 Å². The fourth-order valence-electron chi connectivity index (χ4n) is 7.22. The van der Waals surface area contributed by atoms with E-state index in [4.69, 9.17) is 14.2 Å². The zero-order chi connectivity index (χ0) is 43.7. The number of rotatable bonds is 46. The molecule has 0 aromatic carbocycles. The van der Waals surface area contributed by atoms with Gasteiger partial charge in [0.2, 0.25) is 0 Å². The van der Waals surface area contributed by atoms with Crippen molar-refractivity contribution in [3.8, 4) is 0 Å². The Balaban J connectivity index is 4.41. The van der Waals surface area contributed by atoms with Gasteiger partial charge >= 0.3 is 17.9 Å². The van der Waals surface area contributed by atoms with E-state index in [1.165, 1.54) is 128 Å². The summed E-state index contributed by atoms with van der Waals surface area (Å²) in [5, 5.41) is 0. The van der Waals surface area contributed by atoms with Gasteiger partial charge in [-0.25, -0.2) is 0 Å². The van der Waals surface area contributed by atoms with Crippen molar-refractivity contribution in [2.45, 2.75) is 264 Å². The van der Waals surface area contributed by atoms with E-state index < -0.39 is 6.10 Å². The molecule has 1 atom stereocenters. The van der Waals surface area contributed by atoms with Gasteiger partial charge in [-0.1, -0.05) is 211 Å². The number of carbonyl (C=O) groups excluding carboxylic acids is 3. The van der Waals surface area contributed by atoms with Crippen molar-refractivity contribution < 1.29 is 28.6 Å².